The van der Waals surface area contributed by atoms with Crippen molar-refractivity contribution in [1.29, 1.82) is 0 Å². The third-order valence-electron chi connectivity index (χ3n) is 3.26. The number of benzene rings is 1. The highest BCUT2D eigenvalue weighted by atomic mass is 16.5. The van der Waals surface area contributed by atoms with Gasteiger partial charge in [0.15, 0.2) is 17.1 Å². The summed E-state index contributed by atoms with van der Waals surface area (Å²) in [7, 11) is 4.61. The summed E-state index contributed by atoms with van der Waals surface area (Å²) in [6, 6.07) is 6.73. The molecule has 8 heteroatoms. The molecule has 1 aromatic heterocycles. The van der Waals surface area contributed by atoms with Crippen LogP contribution in [0.1, 0.15) is 10.4 Å². The van der Waals surface area contributed by atoms with Crippen LogP contribution in [0.3, 0.4) is 0 Å². The minimum Gasteiger partial charge on any atom is -0.497 e. The highest BCUT2D eigenvalue weighted by molar-refractivity contribution is 6.00. The van der Waals surface area contributed by atoms with E-state index in [1.165, 1.54) is 19.1 Å². The number of carbonyl (C=O) groups excluding carboxylic acids is 1. The van der Waals surface area contributed by atoms with E-state index >= 15 is 0 Å². The van der Waals surface area contributed by atoms with Crippen LogP contribution in [-0.2, 0) is 4.79 Å². The van der Waals surface area contributed by atoms with E-state index in [0.717, 1.165) is 0 Å². The van der Waals surface area contributed by atoms with Crippen molar-refractivity contribution in [2.24, 2.45) is 0 Å². The van der Waals surface area contributed by atoms with Gasteiger partial charge in [0.1, 0.15) is 5.75 Å². The molecule has 0 aliphatic rings. The van der Waals surface area contributed by atoms with Gasteiger partial charge in [0.2, 0.25) is 5.91 Å². The van der Waals surface area contributed by atoms with E-state index in [2.05, 4.69) is 10.5 Å². The first-order valence-electron chi connectivity index (χ1n) is 6.77. The fourth-order valence-corrected chi connectivity index (χ4v) is 2.04. The van der Waals surface area contributed by atoms with Gasteiger partial charge in [-0.3, -0.25) is 4.79 Å². The molecule has 0 saturated carbocycles. The maximum Gasteiger partial charge on any atom is 0.343 e. The molecule has 0 spiro atoms. The van der Waals surface area contributed by atoms with Crippen LogP contribution < -0.4 is 15.0 Å². The Morgan fingerprint density at radius 1 is 1.35 bits per heavy atom. The van der Waals surface area contributed by atoms with Crippen LogP contribution in [0.4, 0.5) is 5.82 Å². The Morgan fingerprint density at radius 2 is 2.00 bits per heavy atom. The van der Waals surface area contributed by atoms with Crippen LogP contribution in [-0.4, -0.2) is 49.9 Å². The van der Waals surface area contributed by atoms with E-state index in [0.29, 0.717) is 11.3 Å². The van der Waals surface area contributed by atoms with Crippen molar-refractivity contribution in [2.45, 2.75) is 0 Å². The number of anilines is 1. The zero-order valence-corrected chi connectivity index (χ0v) is 13.0. The molecule has 8 nitrogen and oxygen atoms in total. The minimum absolute atomic E-state index is 0.0363. The van der Waals surface area contributed by atoms with E-state index in [-0.39, 0.29) is 29.6 Å². The third kappa shape index (κ3) is 3.42. The number of carbonyl (C=O) groups is 2. The standard InChI is InChI=1S/C15H17N3O5/c1-16-11(19)8-18(2)14-12(15(20)21)13(23-17-14)9-4-6-10(22-3)7-5-9/h4-7H,8H2,1-3H3,(H,16,19)(H,20,21). The van der Waals surface area contributed by atoms with Gasteiger partial charge in [0.25, 0.3) is 0 Å². The summed E-state index contributed by atoms with van der Waals surface area (Å²) in [5.74, 6) is -0.596. The van der Waals surface area contributed by atoms with Gasteiger partial charge in [-0.2, -0.15) is 0 Å². The number of amides is 1. The number of carboxylic acid groups (broad SMARTS) is 1. The van der Waals surface area contributed by atoms with Crippen LogP contribution in [0.2, 0.25) is 0 Å². The lowest BCUT2D eigenvalue weighted by Crippen LogP contribution is -2.33. The number of likely N-dealkylation sites (N-methyl/N-ethyl adjacent to an activating group) is 2. The molecular formula is C15H17N3O5. The van der Waals surface area contributed by atoms with Gasteiger partial charge in [-0.25, -0.2) is 4.79 Å². The summed E-state index contributed by atoms with van der Waals surface area (Å²) >= 11 is 0. The lowest BCUT2D eigenvalue weighted by molar-refractivity contribution is -0.119. The van der Waals surface area contributed by atoms with Gasteiger partial charge in [0.05, 0.1) is 13.7 Å². The summed E-state index contributed by atoms with van der Waals surface area (Å²) in [6.45, 7) is -0.0363. The first-order valence-corrected chi connectivity index (χ1v) is 6.77. The minimum atomic E-state index is -1.18. The van der Waals surface area contributed by atoms with E-state index in [1.807, 2.05) is 0 Å². The average molecular weight is 319 g/mol. The summed E-state index contributed by atoms with van der Waals surface area (Å²) in [4.78, 5) is 24.5. The van der Waals surface area contributed by atoms with Crippen LogP contribution in [0.15, 0.2) is 28.8 Å². The Labute approximate surface area is 132 Å². The van der Waals surface area contributed by atoms with E-state index < -0.39 is 5.97 Å². The van der Waals surface area contributed by atoms with Gasteiger partial charge in [-0.1, -0.05) is 5.16 Å². The van der Waals surface area contributed by atoms with Gasteiger partial charge >= 0.3 is 5.97 Å². The number of methoxy groups -OCH3 is 1. The Morgan fingerprint density at radius 3 is 2.52 bits per heavy atom. The second kappa shape index (κ2) is 6.82. The van der Waals surface area contributed by atoms with Gasteiger partial charge in [0, 0.05) is 19.7 Å². The molecule has 2 rings (SSSR count). The molecular weight excluding hydrogens is 302 g/mol. The van der Waals surface area contributed by atoms with Gasteiger partial charge < -0.3 is 24.6 Å². The Kier molecular flexibility index (Phi) is 4.85. The molecule has 0 unspecified atom stereocenters. The molecule has 0 radical (unpaired) electrons. The molecule has 122 valence electrons. The Bertz CT molecular complexity index is 708. The largest absolute Gasteiger partial charge is 0.497 e. The van der Waals surface area contributed by atoms with Crippen molar-refractivity contribution in [3.05, 3.63) is 29.8 Å². The number of rotatable bonds is 6. The number of aromatic nitrogens is 1. The molecule has 1 aromatic carbocycles. The molecule has 0 atom stereocenters. The van der Waals surface area contributed by atoms with E-state index in [9.17, 15) is 14.7 Å². The first kappa shape index (κ1) is 16.3. The SMILES string of the molecule is CNC(=O)CN(C)c1noc(-c2ccc(OC)cc2)c1C(=O)O. The van der Waals surface area contributed by atoms with Crippen molar-refractivity contribution in [3.8, 4) is 17.1 Å². The molecule has 2 aromatic rings. The second-order valence-electron chi connectivity index (χ2n) is 4.77. The zero-order chi connectivity index (χ0) is 17.0. The molecule has 1 heterocycles. The number of hydrogen-bond donors (Lipinski definition) is 2. The number of hydrogen-bond acceptors (Lipinski definition) is 6. The number of ether oxygens (including phenoxy) is 1. The fourth-order valence-electron chi connectivity index (χ4n) is 2.04. The summed E-state index contributed by atoms with van der Waals surface area (Å²) < 4.78 is 10.3. The average Bonchev–Trinajstić information content (AvgIpc) is 3.00. The van der Waals surface area contributed by atoms with E-state index in [1.54, 1.807) is 31.3 Å². The predicted molar refractivity (Wildman–Crippen MR) is 82.8 cm³/mol. The van der Waals surface area contributed by atoms with Crippen molar-refractivity contribution in [1.82, 2.24) is 10.5 Å². The van der Waals surface area contributed by atoms with Crippen molar-refractivity contribution >= 4 is 17.7 Å². The smallest absolute Gasteiger partial charge is 0.343 e. The molecule has 0 bridgehead atoms. The molecule has 0 fully saturated rings. The van der Waals surface area contributed by atoms with Crippen molar-refractivity contribution in [3.63, 3.8) is 0 Å². The highest BCUT2D eigenvalue weighted by Crippen LogP contribution is 2.31. The monoisotopic (exact) mass is 319 g/mol. The maximum atomic E-state index is 11.6. The quantitative estimate of drug-likeness (QED) is 0.825. The van der Waals surface area contributed by atoms with Crippen LogP contribution >= 0.6 is 0 Å². The Hall–Kier alpha value is -3.03. The van der Waals surface area contributed by atoms with Crippen molar-refractivity contribution < 1.29 is 24.0 Å². The third-order valence-corrected chi connectivity index (χ3v) is 3.26. The van der Waals surface area contributed by atoms with Crippen LogP contribution in [0, 0.1) is 0 Å². The van der Waals surface area contributed by atoms with Gasteiger partial charge in [-0.15, -0.1) is 0 Å². The van der Waals surface area contributed by atoms with Crippen molar-refractivity contribution in [2.75, 3.05) is 32.6 Å². The highest BCUT2D eigenvalue weighted by Gasteiger charge is 2.26. The molecule has 0 aliphatic heterocycles. The molecule has 23 heavy (non-hydrogen) atoms. The molecule has 0 aliphatic carbocycles. The number of aromatic carboxylic acids is 1. The number of nitrogens with zero attached hydrogens (tertiary/aromatic N) is 2. The molecule has 0 saturated heterocycles. The zero-order valence-electron chi connectivity index (χ0n) is 13.0. The summed E-state index contributed by atoms with van der Waals surface area (Å²) in [5, 5.41) is 15.8. The van der Waals surface area contributed by atoms with Crippen LogP contribution in [0.5, 0.6) is 5.75 Å². The summed E-state index contributed by atoms with van der Waals surface area (Å²) in [5.41, 5.74) is 0.455. The normalized spacial score (nSPS) is 10.2. The lowest BCUT2D eigenvalue weighted by atomic mass is 10.1. The predicted octanol–water partition coefficient (Wildman–Crippen LogP) is 1.23. The van der Waals surface area contributed by atoms with Crippen LogP contribution in [0.25, 0.3) is 11.3 Å². The molecule has 1 amide bonds. The lowest BCUT2D eigenvalue weighted by Gasteiger charge is -2.15. The second-order valence-corrected chi connectivity index (χ2v) is 4.77. The van der Waals surface area contributed by atoms with E-state index in [4.69, 9.17) is 9.26 Å². The Balaban J connectivity index is 2.41. The first-order chi connectivity index (χ1) is 11.0. The fraction of sp³-hybridized carbons (Fsp3) is 0.267. The number of carboxylic acids is 1. The number of nitrogens with one attached hydrogen (secondary N) is 1. The summed E-state index contributed by atoms with van der Waals surface area (Å²) in [6.07, 6.45) is 0. The maximum absolute atomic E-state index is 11.6. The van der Waals surface area contributed by atoms with Gasteiger partial charge in [-0.05, 0) is 24.3 Å². The molecule has 2 N–H and O–H groups in total. The topological polar surface area (TPSA) is 105 Å².